The minimum atomic E-state index is 0.533. The molecule has 2 heteroatoms. The molecule has 0 spiro atoms. The van der Waals surface area contributed by atoms with Crippen molar-refractivity contribution >= 4 is 17.3 Å². The van der Waals surface area contributed by atoms with Crippen molar-refractivity contribution in [2.24, 2.45) is 0 Å². The monoisotopic (exact) mass is 222 g/mol. The first kappa shape index (κ1) is 12.2. The van der Waals surface area contributed by atoms with Gasteiger partial charge in [-0.15, -0.1) is 0 Å². The number of ether oxygens (including phenoxy) is 1. The molecule has 0 saturated carbocycles. The summed E-state index contributed by atoms with van der Waals surface area (Å²) in [5.41, 5.74) is 2.64. The Bertz CT molecular complexity index is 331. The fourth-order valence-electron chi connectivity index (χ4n) is 1.63. The average Bonchev–Trinajstić information content (AvgIpc) is 2.18. The highest BCUT2D eigenvalue weighted by atomic mass is 32.1. The largest absolute Gasteiger partial charge is 0.487 e. The first-order valence-corrected chi connectivity index (χ1v) is 5.79. The lowest BCUT2D eigenvalue weighted by molar-refractivity contribution is 0.329. The van der Waals surface area contributed by atoms with E-state index in [0.29, 0.717) is 17.6 Å². The Balaban J connectivity index is 2.80. The second-order valence-electron chi connectivity index (χ2n) is 3.84. The van der Waals surface area contributed by atoms with E-state index in [4.69, 9.17) is 17.0 Å². The van der Waals surface area contributed by atoms with Gasteiger partial charge < -0.3 is 4.74 Å². The van der Waals surface area contributed by atoms with Gasteiger partial charge in [-0.3, -0.25) is 0 Å². The van der Waals surface area contributed by atoms with Crippen molar-refractivity contribution in [3.8, 4) is 0 Å². The highest BCUT2D eigenvalue weighted by Crippen LogP contribution is 2.19. The highest BCUT2D eigenvalue weighted by molar-refractivity contribution is 7.80. The molecule has 0 N–H and O–H groups in total. The zero-order valence-corrected chi connectivity index (χ0v) is 10.4. The lowest BCUT2D eigenvalue weighted by Gasteiger charge is -2.12. The Labute approximate surface area is 97.5 Å². The van der Waals surface area contributed by atoms with Gasteiger partial charge in [0.1, 0.15) is 0 Å². The van der Waals surface area contributed by atoms with Crippen LogP contribution in [0, 0.1) is 0 Å². The van der Waals surface area contributed by atoms with Crippen LogP contribution in [-0.2, 0) is 11.2 Å². The van der Waals surface area contributed by atoms with Crippen LogP contribution >= 0.6 is 12.2 Å². The molecule has 1 aromatic rings. The van der Waals surface area contributed by atoms with E-state index in [9.17, 15) is 0 Å². The summed E-state index contributed by atoms with van der Waals surface area (Å²) in [5, 5.41) is 0.686. The van der Waals surface area contributed by atoms with Crippen LogP contribution in [0.2, 0.25) is 0 Å². The minimum Gasteiger partial charge on any atom is -0.487 e. The predicted octanol–water partition coefficient (Wildman–Crippen LogP) is 3.72. The third-order valence-electron chi connectivity index (χ3n) is 2.32. The van der Waals surface area contributed by atoms with E-state index in [2.05, 4.69) is 38.1 Å². The third-order valence-corrected chi connectivity index (χ3v) is 2.58. The predicted molar refractivity (Wildman–Crippen MR) is 68.5 cm³/mol. The van der Waals surface area contributed by atoms with Crippen molar-refractivity contribution in [1.82, 2.24) is 0 Å². The van der Waals surface area contributed by atoms with Crippen LogP contribution in [0.3, 0.4) is 0 Å². The number of benzene rings is 1. The lowest BCUT2D eigenvalue weighted by atomic mass is 9.96. The molecule has 1 rings (SSSR count). The molecule has 15 heavy (non-hydrogen) atoms. The Morgan fingerprint density at radius 2 is 2.00 bits per heavy atom. The van der Waals surface area contributed by atoms with Gasteiger partial charge in [0.25, 0.3) is 0 Å². The fraction of sp³-hybridized carbons (Fsp3) is 0.462. The van der Waals surface area contributed by atoms with Crippen LogP contribution < -0.4 is 0 Å². The maximum atomic E-state index is 5.31. The molecule has 0 saturated heterocycles. The average molecular weight is 222 g/mol. The summed E-state index contributed by atoms with van der Waals surface area (Å²) in [6.07, 6.45) is 0.748. The lowest BCUT2D eigenvalue weighted by Crippen LogP contribution is -2.07. The Hall–Kier alpha value is -0.890. The molecule has 82 valence electrons. The van der Waals surface area contributed by atoms with Crippen molar-refractivity contribution in [2.75, 3.05) is 6.61 Å². The van der Waals surface area contributed by atoms with Gasteiger partial charge in [0, 0.05) is 6.42 Å². The van der Waals surface area contributed by atoms with Crippen molar-refractivity contribution in [3.63, 3.8) is 0 Å². The molecular formula is C13H18OS. The summed E-state index contributed by atoms with van der Waals surface area (Å²) in [6.45, 7) is 7.01. The van der Waals surface area contributed by atoms with Crippen molar-refractivity contribution in [1.29, 1.82) is 0 Å². The first-order valence-electron chi connectivity index (χ1n) is 5.38. The summed E-state index contributed by atoms with van der Waals surface area (Å²) < 4.78 is 5.31. The van der Waals surface area contributed by atoms with Crippen molar-refractivity contribution in [2.45, 2.75) is 33.1 Å². The van der Waals surface area contributed by atoms with E-state index in [-0.39, 0.29) is 0 Å². The molecule has 0 fully saturated rings. The summed E-state index contributed by atoms with van der Waals surface area (Å²) >= 11 is 5.16. The fourth-order valence-corrected chi connectivity index (χ4v) is 1.90. The van der Waals surface area contributed by atoms with Gasteiger partial charge in [-0.2, -0.15) is 0 Å². The molecule has 0 aromatic heterocycles. The smallest absolute Gasteiger partial charge is 0.164 e. The molecule has 0 aliphatic rings. The molecule has 0 aliphatic heterocycles. The first-order chi connectivity index (χ1) is 7.15. The van der Waals surface area contributed by atoms with Gasteiger partial charge in [-0.05, 0) is 36.2 Å². The maximum Gasteiger partial charge on any atom is 0.164 e. The molecule has 0 radical (unpaired) electrons. The SMILES string of the molecule is CCOC(=S)Cc1ccccc1C(C)C. The van der Waals surface area contributed by atoms with Crippen LogP contribution in [0.15, 0.2) is 24.3 Å². The van der Waals surface area contributed by atoms with Crippen LogP contribution in [0.25, 0.3) is 0 Å². The van der Waals surface area contributed by atoms with Gasteiger partial charge in [0.15, 0.2) is 5.05 Å². The molecule has 0 aliphatic carbocycles. The number of rotatable bonds is 4. The molecule has 0 heterocycles. The summed E-state index contributed by atoms with van der Waals surface area (Å²) in [7, 11) is 0. The molecular weight excluding hydrogens is 204 g/mol. The van der Waals surface area contributed by atoms with E-state index in [1.54, 1.807) is 0 Å². The molecule has 0 amide bonds. The van der Waals surface area contributed by atoms with Gasteiger partial charge in [0.05, 0.1) is 6.61 Å². The van der Waals surface area contributed by atoms with Crippen LogP contribution in [-0.4, -0.2) is 11.7 Å². The molecule has 0 atom stereocenters. The Kier molecular flexibility index (Phi) is 4.76. The van der Waals surface area contributed by atoms with E-state index in [1.807, 2.05) is 6.92 Å². The zero-order valence-electron chi connectivity index (χ0n) is 9.62. The van der Waals surface area contributed by atoms with Crippen LogP contribution in [0.1, 0.15) is 37.8 Å². The Morgan fingerprint density at radius 3 is 2.60 bits per heavy atom. The quantitative estimate of drug-likeness (QED) is 0.718. The standard InChI is InChI=1S/C13H18OS/c1-4-14-13(15)9-11-7-5-6-8-12(11)10(2)3/h5-8,10H,4,9H2,1-3H3. The highest BCUT2D eigenvalue weighted by Gasteiger charge is 2.07. The topological polar surface area (TPSA) is 9.23 Å². The Morgan fingerprint density at radius 1 is 1.33 bits per heavy atom. The van der Waals surface area contributed by atoms with Crippen LogP contribution in [0.4, 0.5) is 0 Å². The van der Waals surface area contributed by atoms with Crippen molar-refractivity contribution in [3.05, 3.63) is 35.4 Å². The van der Waals surface area contributed by atoms with Gasteiger partial charge in [-0.1, -0.05) is 38.1 Å². The zero-order chi connectivity index (χ0) is 11.3. The molecule has 0 bridgehead atoms. The summed E-state index contributed by atoms with van der Waals surface area (Å²) in [4.78, 5) is 0. The summed E-state index contributed by atoms with van der Waals surface area (Å²) in [5.74, 6) is 0.533. The molecule has 1 aromatic carbocycles. The van der Waals surface area contributed by atoms with E-state index in [0.717, 1.165) is 6.42 Å². The van der Waals surface area contributed by atoms with Crippen LogP contribution in [0.5, 0.6) is 0 Å². The van der Waals surface area contributed by atoms with E-state index < -0.39 is 0 Å². The number of thiocarbonyl (C=S) groups is 1. The second-order valence-corrected chi connectivity index (χ2v) is 4.29. The maximum absolute atomic E-state index is 5.31. The van der Waals surface area contributed by atoms with Crippen molar-refractivity contribution < 1.29 is 4.74 Å². The second kappa shape index (κ2) is 5.86. The van der Waals surface area contributed by atoms with Gasteiger partial charge in [0.2, 0.25) is 0 Å². The minimum absolute atomic E-state index is 0.533. The van der Waals surface area contributed by atoms with E-state index >= 15 is 0 Å². The van der Waals surface area contributed by atoms with E-state index in [1.165, 1.54) is 11.1 Å². The summed E-state index contributed by atoms with van der Waals surface area (Å²) in [6, 6.07) is 8.41. The number of hydrogen-bond acceptors (Lipinski definition) is 2. The third kappa shape index (κ3) is 3.63. The van der Waals surface area contributed by atoms with Gasteiger partial charge >= 0.3 is 0 Å². The molecule has 1 nitrogen and oxygen atoms in total. The van der Waals surface area contributed by atoms with Gasteiger partial charge in [-0.25, -0.2) is 0 Å². The molecule has 0 unspecified atom stereocenters. The normalized spacial score (nSPS) is 10.4. The number of hydrogen-bond donors (Lipinski definition) is 0.